The average molecular weight is 316 g/mol. The minimum absolute atomic E-state index is 0.0681. The van der Waals surface area contributed by atoms with Gasteiger partial charge in [-0.25, -0.2) is 0 Å². The summed E-state index contributed by atoms with van der Waals surface area (Å²) < 4.78 is 11.4. The lowest BCUT2D eigenvalue weighted by Gasteiger charge is -2.26. The van der Waals surface area contributed by atoms with Crippen LogP contribution in [0.4, 0.5) is 0 Å². The molecule has 0 bridgehead atoms. The molecule has 0 aromatic heterocycles. The van der Waals surface area contributed by atoms with Crippen LogP contribution in [0.5, 0.6) is 0 Å². The highest BCUT2D eigenvalue weighted by Crippen LogP contribution is 2.17. The number of hydrogen-bond acceptors (Lipinski definition) is 5. The molecule has 0 aromatic rings. The fourth-order valence-electron chi connectivity index (χ4n) is 2.61. The predicted molar refractivity (Wildman–Crippen MR) is 84.5 cm³/mol. The fourth-order valence-corrected chi connectivity index (χ4v) is 2.61. The molecule has 1 saturated heterocycles. The predicted octanol–water partition coefficient (Wildman–Crippen LogP) is 2.57. The van der Waals surface area contributed by atoms with E-state index >= 15 is 0 Å². The van der Waals surface area contributed by atoms with Crippen LogP contribution < -0.4 is 0 Å². The van der Waals surface area contributed by atoms with E-state index in [-0.39, 0.29) is 18.2 Å². The summed E-state index contributed by atoms with van der Waals surface area (Å²) in [6, 6.07) is 0. The van der Waals surface area contributed by atoms with Crippen molar-refractivity contribution in [3.63, 3.8) is 0 Å². The molecule has 0 amide bonds. The van der Waals surface area contributed by atoms with Crippen LogP contribution in [0.3, 0.4) is 0 Å². The first-order valence-electron chi connectivity index (χ1n) is 8.64. The maximum atomic E-state index is 11.8. The summed E-state index contributed by atoms with van der Waals surface area (Å²) in [7, 11) is 0. The Hall–Kier alpha value is -0.490. The van der Waals surface area contributed by atoms with Gasteiger partial charge in [-0.3, -0.25) is 4.79 Å². The molecular formula is C17H32O5. The highest BCUT2D eigenvalue weighted by atomic mass is 16.7. The summed E-state index contributed by atoms with van der Waals surface area (Å²) in [5, 5.41) is 18.6. The van der Waals surface area contributed by atoms with Gasteiger partial charge in [0, 0.05) is 19.4 Å². The Bertz CT molecular complexity index is 299. The Balaban J connectivity index is 2.01. The molecule has 0 aliphatic carbocycles. The molecule has 0 radical (unpaired) electrons. The zero-order valence-corrected chi connectivity index (χ0v) is 14.0. The molecule has 4 atom stereocenters. The average Bonchev–Trinajstić information content (AvgIpc) is 2.48. The third-order valence-corrected chi connectivity index (χ3v) is 4.10. The summed E-state index contributed by atoms with van der Waals surface area (Å²) in [5.41, 5.74) is 0. The van der Waals surface area contributed by atoms with Crippen LogP contribution in [0, 0.1) is 0 Å². The van der Waals surface area contributed by atoms with E-state index in [1.807, 2.05) is 6.92 Å². The van der Waals surface area contributed by atoms with Crippen molar-refractivity contribution >= 4 is 5.78 Å². The van der Waals surface area contributed by atoms with Crippen LogP contribution in [0.2, 0.25) is 0 Å². The second kappa shape index (κ2) is 11.1. The van der Waals surface area contributed by atoms with E-state index in [1.165, 1.54) is 0 Å². The highest BCUT2D eigenvalue weighted by molar-refractivity contribution is 5.78. The van der Waals surface area contributed by atoms with Gasteiger partial charge in [0.25, 0.3) is 0 Å². The Kier molecular flexibility index (Phi) is 9.87. The first-order chi connectivity index (χ1) is 10.5. The lowest BCUT2D eigenvalue weighted by Crippen LogP contribution is -2.26. The van der Waals surface area contributed by atoms with E-state index in [0.29, 0.717) is 25.7 Å². The van der Waals surface area contributed by atoms with Crippen molar-refractivity contribution in [1.82, 2.24) is 0 Å². The molecule has 1 unspecified atom stereocenters. The van der Waals surface area contributed by atoms with Crippen molar-refractivity contribution in [2.24, 2.45) is 0 Å². The van der Waals surface area contributed by atoms with Crippen molar-refractivity contribution in [2.45, 2.75) is 96.2 Å². The maximum Gasteiger partial charge on any atom is 0.157 e. The Morgan fingerprint density at radius 3 is 2.45 bits per heavy atom. The quantitative estimate of drug-likeness (QED) is 0.613. The Morgan fingerprint density at radius 1 is 1.18 bits per heavy atom. The van der Waals surface area contributed by atoms with Gasteiger partial charge in [0.05, 0.1) is 18.3 Å². The van der Waals surface area contributed by atoms with Crippen molar-refractivity contribution in [3.8, 4) is 0 Å². The Morgan fingerprint density at radius 2 is 1.86 bits per heavy atom. The number of carbonyl (C=O) groups is 1. The van der Waals surface area contributed by atoms with E-state index in [9.17, 15) is 9.90 Å². The van der Waals surface area contributed by atoms with Crippen LogP contribution in [-0.2, 0) is 14.3 Å². The largest absolute Gasteiger partial charge is 0.391 e. The van der Waals surface area contributed by atoms with Gasteiger partial charge in [-0.2, -0.15) is 0 Å². The van der Waals surface area contributed by atoms with Crippen LogP contribution in [0.15, 0.2) is 0 Å². The minimum Gasteiger partial charge on any atom is -0.391 e. The van der Waals surface area contributed by atoms with Crippen molar-refractivity contribution in [1.29, 1.82) is 0 Å². The van der Waals surface area contributed by atoms with Crippen LogP contribution in [0.1, 0.15) is 71.6 Å². The molecule has 130 valence electrons. The van der Waals surface area contributed by atoms with Gasteiger partial charge in [-0.1, -0.05) is 0 Å². The number of ether oxygens (including phenoxy) is 2. The van der Waals surface area contributed by atoms with E-state index in [2.05, 4.69) is 0 Å². The topological polar surface area (TPSA) is 76.0 Å². The maximum absolute atomic E-state index is 11.8. The SMILES string of the molecule is C[C@H](CCCC(=O)CCC[C@H](O)[C@H](C)O)OC1CCCCO1. The van der Waals surface area contributed by atoms with Gasteiger partial charge in [0.1, 0.15) is 5.78 Å². The lowest BCUT2D eigenvalue weighted by atomic mass is 10.0. The van der Waals surface area contributed by atoms with Gasteiger partial charge in [-0.05, 0) is 58.8 Å². The van der Waals surface area contributed by atoms with Gasteiger partial charge >= 0.3 is 0 Å². The van der Waals surface area contributed by atoms with Crippen molar-refractivity contribution in [2.75, 3.05) is 6.61 Å². The smallest absolute Gasteiger partial charge is 0.157 e. The number of carbonyl (C=O) groups excluding carboxylic acids is 1. The third-order valence-electron chi connectivity index (χ3n) is 4.10. The van der Waals surface area contributed by atoms with E-state index in [0.717, 1.165) is 38.7 Å². The van der Waals surface area contributed by atoms with E-state index in [1.54, 1.807) is 6.92 Å². The van der Waals surface area contributed by atoms with Gasteiger partial charge in [0.2, 0.25) is 0 Å². The van der Waals surface area contributed by atoms with Gasteiger partial charge in [-0.15, -0.1) is 0 Å². The molecule has 1 aliphatic heterocycles. The molecule has 0 saturated carbocycles. The van der Waals surface area contributed by atoms with Crippen molar-refractivity contribution in [3.05, 3.63) is 0 Å². The summed E-state index contributed by atoms with van der Waals surface area (Å²) in [6.45, 7) is 4.37. The van der Waals surface area contributed by atoms with Crippen LogP contribution >= 0.6 is 0 Å². The number of hydrogen-bond donors (Lipinski definition) is 2. The monoisotopic (exact) mass is 316 g/mol. The number of aliphatic hydroxyl groups is 2. The number of Topliss-reactive ketones (excluding diaryl/α,β-unsaturated/α-hetero) is 1. The number of rotatable bonds is 11. The zero-order valence-electron chi connectivity index (χ0n) is 14.0. The first kappa shape index (κ1) is 19.6. The molecule has 0 aromatic carbocycles. The molecule has 1 fully saturated rings. The van der Waals surface area contributed by atoms with E-state index in [4.69, 9.17) is 14.6 Å². The van der Waals surface area contributed by atoms with Crippen LogP contribution in [-0.4, -0.2) is 47.2 Å². The standard InChI is InChI=1S/C17H32O5/c1-13(22-17-11-3-4-12-21-17)7-5-8-15(19)9-6-10-16(20)14(2)18/h13-14,16-18,20H,3-12H2,1-2H3/t13-,14+,16+,17?/m1/s1. The van der Waals surface area contributed by atoms with Crippen LogP contribution in [0.25, 0.3) is 0 Å². The molecule has 2 N–H and O–H groups in total. The third kappa shape index (κ3) is 8.83. The molecular weight excluding hydrogens is 284 g/mol. The lowest BCUT2D eigenvalue weighted by molar-refractivity contribution is -0.185. The second-order valence-electron chi connectivity index (χ2n) is 6.37. The molecule has 5 heteroatoms. The zero-order chi connectivity index (χ0) is 16.4. The molecule has 1 aliphatic rings. The second-order valence-corrected chi connectivity index (χ2v) is 6.37. The molecule has 1 rings (SSSR count). The van der Waals surface area contributed by atoms with Gasteiger partial charge in [0.15, 0.2) is 6.29 Å². The number of ketones is 1. The summed E-state index contributed by atoms with van der Waals surface area (Å²) >= 11 is 0. The first-order valence-corrected chi connectivity index (χ1v) is 8.64. The summed E-state index contributed by atoms with van der Waals surface area (Å²) in [6.07, 6.45) is 5.67. The fraction of sp³-hybridized carbons (Fsp3) is 0.941. The van der Waals surface area contributed by atoms with Gasteiger partial charge < -0.3 is 19.7 Å². The minimum atomic E-state index is -0.727. The molecule has 1 heterocycles. The number of aliphatic hydroxyl groups excluding tert-OH is 2. The highest BCUT2D eigenvalue weighted by Gasteiger charge is 2.17. The molecule has 22 heavy (non-hydrogen) atoms. The summed E-state index contributed by atoms with van der Waals surface area (Å²) in [5.74, 6) is 0.221. The molecule has 0 spiro atoms. The summed E-state index contributed by atoms with van der Waals surface area (Å²) in [4.78, 5) is 11.8. The normalized spacial score (nSPS) is 23.0. The molecule has 5 nitrogen and oxygen atoms in total. The Labute approximate surface area is 134 Å². The van der Waals surface area contributed by atoms with E-state index < -0.39 is 12.2 Å². The van der Waals surface area contributed by atoms with Crippen molar-refractivity contribution < 1.29 is 24.5 Å².